The molecule has 0 nitrogen and oxygen atoms in total. The van der Waals surface area contributed by atoms with Crippen LogP contribution in [0.15, 0.2) is 18.2 Å². The molecule has 0 radical (unpaired) electrons. The van der Waals surface area contributed by atoms with Crippen molar-refractivity contribution in [1.82, 2.24) is 0 Å². The van der Waals surface area contributed by atoms with Crippen LogP contribution in [-0.4, -0.2) is 8.74 Å². The zero-order chi connectivity index (χ0) is 12.6. The van der Waals surface area contributed by atoms with Crippen LogP contribution in [0.1, 0.15) is 38.8 Å². The van der Waals surface area contributed by atoms with Crippen molar-refractivity contribution in [2.75, 3.05) is 0 Å². The first-order valence-electron chi connectivity index (χ1n) is 5.67. The van der Waals surface area contributed by atoms with Crippen LogP contribution in [0.3, 0.4) is 0 Å². The van der Waals surface area contributed by atoms with Crippen molar-refractivity contribution in [2.24, 2.45) is 0 Å². The van der Waals surface area contributed by atoms with E-state index in [1.807, 2.05) is 19.9 Å². The summed E-state index contributed by atoms with van der Waals surface area (Å²) in [5.41, 5.74) is 1.94. The van der Waals surface area contributed by atoms with E-state index in [0.29, 0.717) is 0 Å². The fourth-order valence-electron chi connectivity index (χ4n) is 1.68. The van der Waals surface area contributed by atoms with E-state index >= 15 is 0 Å². The highest BCUT2D eigenvalue weighted by Gasteiger charge is 2.50. The van der Waals surface area contributed by atoms with Gasteiger partial charge in [-0.25, -0.2) is 0 Å². The van der Waals surface area contributed by atoms with Gasteiger partial charge in [0.1, 0.15) is 0 Å². The van der Waals surface area contributed by atoms with Gasteiger partial charge in [0.2, 0.25) is 0 Å². The maximum atomic E-state index is 14.3. The Kier molecular flexibility index (Phi) is 3.58. The third kappa shape index (κ3) is 2.51. The second kappa shape index (κ2) is 4.28. The molecule has 1 rings (SSSR count). The number of rotatable bonds is 2. The third-order valence-electron chi connectivity index (χ3n) is 2.85. The minimum Gasteiger partial charge on any atom is -0.264 e. The fraction of sp³-hybridized carbons (Fsp3) is 0.538. The topological polar surface area (TPSA) is 0 Å². The van der Waals surface area contributed by atoms with E-state index in [1.165, 1.54) is 0 Å². The largest absolute Gasteiger partial charge is 0.460 e. The van der Waals surface area contributed by atoms with Crippen LogP contribution < -0.4 is 5.19 Å². The van der Waals surface area contributed by atoms with Crippen molar-refractivity contribution < 1.29 is 8.22 Å². The van der Waals surface area contributed by atoms with Gasteiger partial charge in [0.15, 0.2) is 0 Å². The molecule has 0 unspecified atom stereocenters. The Balaban J connectivity index is 3.27. The highest BCUT2D eigenvalue weighted by atomic mass is 28.4. The Morgan fingerprint density at radius 1 is 1.12 bits per heavy atom. The van der Waals surface area contributed by atoms with Crippen LogP contribution in [0.5, 0.6) is 0 Å². The van der Waals surface area contributed by atoms with Gasteiger partial charge >= 0.3 is 8.74 Å². The van der Waals surface area contributed by atoms with Gasteiger partial charge in [-0.05, 0) is 18.9 Å². The van der Waals surface area contributed by atoms with Gasteiger partial charge in [0, 0.05) is 10.2 Å². The molecule has 0 N–H and O–H groups in total. The van der Waals surface area contributed by atoms with Crippen LogP contribution in [-0.2, 0) is 6.42 Å². The van der Waals surface area contributed by atoms with Crippen LogP contribution >= 0.6 is 0 Å². The molecule has 0 aliphatic carbocycles. The zero-order valence-corrected chi connectivity index (χ0v) is 11.7. The first-order valence-corrected chi connectivity index (χ1v) is 7.43. The maximum Gasteiger partial charge on any atom is 0.460 e. The lowest BCUT2D eigenvalue weighted by atomic mass is 10.1. The Morgan fingerprint density at radius 2 is 1.69 bits per heavy atom. The molecule has 0 saturated heterocycles. The van der Waals surface area contributed by atoms with E-state index in [-0.39, 0.29) is 5.19 Å². The molecular weight excluding hydrogens is 222 g/mol. The smallest absolute Gasteiger partial charge is 0.264 e. The number of hydrogen-bond acceptors (Lipinski definition) is 0. The molecule has 0 amide bonds. The number of aryl methyl sites for hydroxylation is 2. The molecule has 0 saturated carbocycles. The Hall–Kier alpha value is -0.703. The summed E-state index contributed by atoms with van der Waals surface area (Å²) in [4.78, 5) is 0. The summed E-state index contributed by atoms with van der Waals surface area (Å²) in [5.74, 6) is 0. The number of halogens is 2. The van der Waals surface area contributed by atoms with Gasteiger partial charge in [-0.3, -0.25) is 8.22 Å². The molecule has 0 bridgehead atoms. The predicted molar refractivity (Wildman–Crippen MR) is 67.9 cm³/mol. The molecule has 0 aliphatic heterocycles. The van der Waals surface area contributed by atoms with Crippen molar-refractivity contribution in [3.63, 3.8) is 0 Å². The molecule has 3 heteroatoms. The quantitative estimate of drug-likeness (QED) is 0.544. The average molecular weight is 242 g/mol. The molecule has 1 aromatic rings. The van der Waals surface area contributed by atoms with Crippen LogP contribution in [0.25, 0.3) is 0 Å². The predicted octanol–water partition coefficient (Wildman–Crippen LogP) is 3.95. The maximum absolute atomic E-state index is 14.3. The van der Waals surface area contributed by atoms with E-state index in [1.54, 1.807) is 32.9 Å². The molecule has 0 fully saturated rings. The monoisotopic (exact) mass is 242 g/mol. The molecule has 1 aromatic carbocycles. The van der Waals surface area contributed by atoms with Crippen molar-refractivity contribution >= 4 is 13.9 Å². The summed E-state index contributed by atoms with van der Waals surface area (Å²) in [6.07, 6.45) is 0.809. The van der Waals surface area contributed by atoms with E-state index in [4.69, 9.17) is 0 Å². The first kappa shape index (κ1) is 13.4. The molecule has 0 aromatic heterocycles. The fourth-order valence-corrected chi connectivity index (χ4v) is 3.32. The van der Waals surface area contributed by atoms with Crippen LogP contribution in [0, 0.1) is 6.92 Å². The third-order valence-corrected chi connectivity index (χ3v) is 5.75. The second-order valence-electron chi connectivity index (χ2n) is 5.39. The summed E-state index contributed by atoms with van der Waals surface area (Å²) >= 11 is 0. The van der Waals surface area contributed by atoms with Gasteiger partial charge in [-0.2, -0.15) is 0 Å². The minimum absolute atomic E-state index is 0.275. The van der Waals surface area contributed by atoms with Gasteiger partial charge in [-0.1, -0.05) is 51.5 Å². The van der Waals surface area contributed by atoms with Gasteiger partial charge in [0.25, 0.3) is 0 Å². The van der Waals surface area contributed by atoms with Crippen molar-refractivity contribution in [1.29, 1.82) is 0 Å². The molecule has 16 heavy (non-hydrogen) atoms. The Bertz CT molecular complexity index is 378. The number of benzene rings is 1. The lowest BCUT2D eigenvalue weighted by Gasteiger charge is -2.28. The first-order chi connectivity index (χ1) is 7.18. The van der Waals surface area contributed by atoms with Crippen molar-refractivity contribution in [2.45, 2.75) is 46.1 Å². The molecule has 0 spiro atoms. The van der Waals surface area contributed by atoms with Crippen LogP contribution in [0.4, 0.5) is 8.22 Å². The molecule has 0 aliphatic rings. The molecule has 0 atom stereocenters. The summed E-state index contributed by atoms with van der Waals surface area (Å²) in [6, 6.07) is 5.32. The lowest BCUT2D eigenvalue weighted by Crippen LogP contribution is -2.47. The number of hydrogen-bond donors (Lipinski definition) is 0. The van der Waals surface area contributed by atoms with E-state index in [2.05, 4.69) is 0 Å². The Labute approximate surface area is 98.0 Å². The highest BCUT2D eigenvalue weighted by Crippen LogP contribution is 2.37. The Morgan fingerprint density at radius 3 is 2.12 bits per heavy atom. The lowest BCUT2D eigenvalue weighted by molar-refractivity contribution is 0.519. The van der Waals surface area contributed by atoms with Gasteiger partial charge in [0.05, 0.1) is 0 Å². The van der Waals surface area contributed by atoms with Gasteiger partial charge in [-0.15, -0.1) is 0 Å². The highest BCUT2D eigenvalue weighted by molar-refractivity contribution is 6.82. The second-order valence-corrected chi connectivity index (χ2v) is 8.61. The summed E-state index contributed by atoms with van der Waals surface area (Å²) < 4.78 is 28.6. The van der Waals surface area contributed by atoms with Crippen LogP contribution in [0.2, 0.25) is 5.04 Å². The molecular formula is C13H20F2Si. The van der Waals surface area contributed by atoms with Crippen molar-refractivity contribution in [3.8, 4) is 0 Å². The standard InChI is InChI=1S/C13H20F2Si/c1-6-11-7-10(2)8-12(9-11)16(14,15)13(3,4)5/h7-9H,6H2,1-5H3. The molecule has 90 valence electrons. The normalized spacial score (nSPS) is 12.9. The zero-order valence-electron chi connectivity index (χ0n) is 10.7. The van der Waals surface area contributed by atoms with Gasteiger partial charge < -0.3 is 0 Å². The summed E-state index contributed by atoms with van der Waals surface area (Å²) in [7, 11) is -4.36. The minimum atomic E-state index is -4.36. The van der Waals surface area contributed by atoms with E-state index < -0.39 is 13.8 Å². The van der Waals surface area contributed by atoms with E-state index in [9.17, 15) is 8.22 Å². The summed E-state index contributed by atoms with van der Waals surface area (Å²) in [6.45, 7) is 8.78. The molecule has 0 heterocycles. The van der Waals surface area contributed by atoms with Crippen molar-refractivity contribution in [3.05, 3.63) is 29.3 Å². The summed E-state index contributed by atoms with van der Waals surface area (Å²) in [5, 5.41) is -0.636. The average Bonchev–Trinajstić information content (AvgIpc) is 2.15. The van der Waals surface area contributed by atoms with E-state index in [0.717, 1.165) is 17.5 Å². The SMILES string of the molecule is CCc1cc(C)cc([Si](F)(F)C(C)(C)C)c1.